The third-order valence-corrected chi connectivity index (χ3v) is 6.78. The number of fused-ring (bicyclic) bond motifs is 1. The van der Waals surface area contributed by atoms with E-state index >= 15 is 0 Å². The molecule has 2 saturated heterocycles. The zero-order valence-corrected chi connectivity index (χ0v) is 16.4. The number of hydrogen-bond acceptors (Lipinski definition) is 6. The van der Waals surface area contributed by atoms with E-state index in [1.54, 1.807) is 28.0 Å². The molecule has 4 rings (SSSR count). The molecule has 1 amide bonds. The molecule has 0 bridgehead atoms. The number of esters is 1. The smallest absolute Gasteiger partial charge is 0.329 e. The SMILES string of the molecule is O=C(OCC(=O)N1CCCCC1)[C@@H]1CCCN1C1=NS(=O)(=O)c2ccccc21. The molecule has 0 aromatic heterocycles. The van der Waals surface area contributed by atoms with Crippen LogP contribution in [0.25, 0.3) is 0 Å². The zero-order valence-electron chi connectivity index (χ0n) is 15.5. The molecular weight excluding hydrogens is 382 g/mol. The number of rotatable bonds is 3. The Morgan fingerprint density at radius 2 is 1.82 bits per heavy atom. The Labute approximate surface area is 164 Å². The minimum atomic E-state index is -3.75. The third kappa shape index (κ3) is 3.50. The predicted molar refractivity (Wildman–Crippen MR) is 101 cm³/mol. The lowest BCUT2D eigenvalue weighted by Gasteiger charge is -2.27. The van der Waals surface area contributed by atoms with Crippen molar-refractivity contribution in [2.24, 2.45) is 4.40 Å². The van der Waals surface area contributed by atoms with Crippen LogP contribution in [0.5, 0.6) is 0 Å². The van der Waals surface area contributed by atoms with Gasteiger partial charge in [0.15, 0.2) is 12.4 Å². The molecule has 150 valence electrons. The summed E-state index contributed by atoms with van der Waals surface area (Å²) in [5, 5.41) is 0. The maximum absolute atomic E-state index is 12.6. The van der Waals surface area contributed by atoms with Gasteiger partial charge in [-0.3, -0.25) is 4.79 Å². The molecule has 1 aromatic carbocycles. The Kier molecular flexibility index (Phi) is 5.09. The maximum Gasteiger partial charge on any atom is 0.329 e. The zero-order chi connectivity index (χ0) is 19.7. The molecule has 1 aromatic rings. The van der Waals surface area contributed by atoms with Crippen LogP contribution in [0.15, 0.2) is 33.6 Å². The Bertz CT molecular complexity index is 921. The molecule has 0 saturated carbocycles. The van der Waals surface area contributed by atoms with Crippen molar-refractivity contribution in [1.82, 2.24) is 9.80 Å². The van der Waals surface area contributed by atoms with E-state index in [4.69, 9.17) is 4.74 Å². The van der Waals surface area contributed by atoms with Gasteiger partial charge in [-0.05, 0) is 44.2 Å². The number of likely N-dealkylation sites (tertiary alicyclic amines) is 2. The van der Waals surface area contributed by atoms with Gasteiger partial charge in [-0.25, -0.2) is 4.79 Å². The normalized spacial score (nSPS) is 23.3. The molecule has 0 spiro atoms. The van der Waals surface area contributed by atoms with E-state index < -0.39 is 22.0 Å². The van der Waals surface area contributed by atoms with Gasteiger partial charge >= 0.3 is 5.97 Å². The molecule has 3 aliphatic heterocycles. The number of ether oxygens (including phenoxy) is 1. The van der Waals surface area contributed by atoms with Crippen molar-refractivity contribution in [1.29, 1.82) is 0 Å². The van der Waals surface area contributed by atoms with Crippen molar-refractivity contribution in [3.05, 3.63) is 29.8 Å². The minimum absolute atomic E-state index is 0.157. The second-order valence-electron chi connectivity index (χ2n) is 7.29. The summed E-state index contributed by atoms with van der Waals surface area (Å²) in [4.78, 5) is 28.4. The van der Waals surface area contributed by atoms with Crippen LogP contribution in [0.2, 0.25) is 0 Å². The summed E-state index contributed by atoms with van der Waals surface area (Å²) in [6, 6.07) is 5.97. The number of amidine groups is 1. The number of piperidine rings is 1. The molecule has 8 nitrogen and oxygen atoms in total. The van der Waals surface area contributed by atoms with E-state index in [0.29, 0.717) is 31.6 Å². The average Bonchev–Trinajstić information content (AvgIpc) is 3.29. The van der Waals surface area contributed by atoms with E-state index in [-0.39, 0.29) is 23.2 Å². The predicted octanol–water partition coefficient (Wildman–Crippen LogP) is 1.16. The van der Waals surface area contributed by atoms with Crippen LogP contribution in [0, 0.1) is 0 Å². The van der Waals surface area contributed by atoms with Crippen LogP contribution < -0.4 is 0 Å². The van der Waals surface area contributed by atoms with Crippen molar-refractivity contribution >= 4 is 27.7 Å². The molecule has 3 aliphatic rings. The highest BCUT2D eigenvalue weighted by Crippen LogP contribution is 2.31. The summed E-state index contributed by atoms with van der Waals surface area (Å²) in [5.41, 5.74) is 0.506. The summed E-state index contributed by atoms with van der Waals surface area (Å²) in [7, 11) is -3.75. The molecule has 0 N–H and O–H groups in total. The quantitative estimate of drug-likeness (QED) is 0.700. The number of benzene rings is 1. The number of hydrogen-bond donors (Lipinski definition) is 0. The molecule has 0 aliphatic carbocycles. The van der Waals surface area contributed by atoms with Gasteiger partial charge in [-0.2, -0.15) is 8.42 Å². The molecule has 2 fully saturated rings. The number of nitrogens with zero attached hydrogens (tertiary/aromatic N) is 3. The lowest BCUT2D eigenvalue weighted by atomic mass is 10.1. The van der Waals surface area contributed by atoms with Crippen molar-refractivity contribution in [3.8, 4) is 0 Å². The lowest BCUT2D eigenvalue weighted by molar-refractivity contribution is -0.155. The van der Waals surface area contributed by atoms with Crippen LogP contribution in [0.3, 0.4) is 0 Å². The van der Waals surface area contributed by atoms with Gasteiger partial charge in [0.2, 0.25) is 0 Å². The molecule has 0 radical (unpaired) electrons. The Hall–Kier alpha value is -2.42. The topological polar surface area (TPSA) is 96.3 Å². The third-order valence-electron chi connectivity index (χ3n) is 5.46. The summed E-state index contributed by atoms with van der Waals surface area (Å²) >= 11 is 0. The standard InChI is InChI=1S/C19H23N3O5S/c23-17(21-10-4-1-5-11-21)13-27-19(24)15-8-6-12-22(15)18-14-7-2-3-9-16(14)28(25,26)20-18/h2-3,7,9,15H,1,4-6,8,10-13H2/t15-/m0/s1. The Balaban J connectivity index is 1.45. The summed E-state index contributed by atoms with van der Waals surface area (Å²) < 4.78 is 33.8. The van der Waals surface area contributed by atoms with Crippen molar-refractivity contribution < 1.29 is 22.7 Å². The second kappa shape index (κ2) is 7.54. The minimum Gasteiger partial charge on any atom is -0.454 e. The lowest BCUT2D eigenvalue weighted by Crippen LogP contribution is -2.43. The Morgan fingerprint density at radius 3 is 2.61 bits per heavy atom. The number of sulfonamides is 1. The van der Waals surface area contributed by atoms with Gasteiger partial charge in [0, 0.05) is 25.2 Å². The largest absolute Gasteiger partial charge is 0.454 e. The summed E-state index contributed by atoms with van der Waals surface area (Å²) in [6.07, 6.45) is 4.33. The van der Waals surface area contributed by atoms with Crippen molar-refractivity contribution in [2.45, 2.75) is 43.0 Å². The highest BCUT2D eigenvalue weighted by molar-refractivity contribution is 7.90. The molecule has 28 heavy (non-hydrogen) atoms. The van der Waals surface area contributed by atoms with Gasteiger partial charge in [0.1, 0.15) is 10.9 Å². The van der Waals surface area contributed by atoms with Gasteiger partial charge in [-0.15, -0.1) is 4.40 Å². The van der Waals surface area contributed by atoms with Crippen LogP contribution in [0.4, 0.5) is 0 Å². The van der Waals surface area contributed by atoms with Gasteiger partial charge in [0.05, 0.1) is 0 Å². The van der Waals surface area contributed by atoms with E-state index in [9.17, 15) is 18.0 Å². The van der Waals surface area contributed by atoms with Crippen LogP contribution in [-0.2, 0) is 24.3 Å². The number of amides is 1. The van der Waals surface area contributed by atoms with Crippen LogP contribution >= 0.6 is 0 Å². The van der Waals surface area contributed by atoms with E-state index in [2.05, 4.69) is 4.40 Å². The molecular formula is C19H23N3O5S. The first-order valence-electron chi connectivity index (χ1n) is 9.63. The second-order valence-corrected chi connectivity index (χ2v) is 8.86. The van der Waals surface area contributed by atoms with Crippen LogP contribution in [-0.4, -0.2) is 68.2 Å². The first-order chi connectivity index (χ1) is 13.5. The molecule has 9 heteroatoms. The number of carbonyl (C=O) groups excluding carboxylic acids is 2. The van der Waals surface area contributed by atoms with Crippen LogP contribution in [0.1, 0.15) is 37.7 Å². The van der Waals surface area contributed by atoms with Gasteiger partial charge in [0.25, 0.3) is 15.9 Å². The van der Waals surface area contributed by atoms with Gasteiger partial charge in [-0.1, -0.05) is 12.1 Å². The summed E-state index contributed by atoms with van der Waals surface area (Å²) in [5.74, 6) is -0.395. The monoisotopic (exact) mass is 405 g/mol. The molecule has 0 unspecified atom stereocenters. The average molecular weight is 405 g/mol. The number of carbonyl (C=O) groups is 2. The first-order valence-corrected chi connectivity index (χ1v) is 11.1. The van der Waals surface area contributed by atoms with E-state index in [0.717, 1.165) is 25.7 Å². The fraction of sp³-hybridized carbons (Fsp3) is 0.526. The fourth-order valence-electron chi connectivity index (χ4n) is 4.02. The first kappa shape index (κ1) is 18.9. The molecule has 3 heterocycles. The highest BCUT2D eigenvalue weighted by Gasteiger charge is 2.40. The van der Waals surface area contributed by atoms with Gasteiger partial charge < -0.3 is 14.5 Å². The Morgan fingerprint density at radius 1 is 1.07 bits per heavy atom. The maximum atomic E-state index is 12.6. The summed E-state index contributed by atoms with van der Waals surface area (Å²) in [6.45, 7) is 1.65. The van der Waals surface area contributed by atoms with Crippen molar-refractivity contribution in [2.75, 3.05) is 26.2 Å². The highest BCUT2D eigenvalue weighted by atomic mass is 32.2. The van der Waals surface area contributed by atoms with Crippen molar-refractivity contribution in [3.63, 3.8) is 0 Å². The molecule has 1 atom stereocenters. The van der Waals surface area contributed by atoms with E-state index in [1.807, 2.05) is 0 Å². The van der Waals surface area contributed by atoms with E-state index in [1.165, 1.54) is 6.07 Å². The fourth-order valence-corrected chi connectivity index (χ4v) is 5.24.